The molecule has 0 aromatic carbocycles. The molecule has 0 aromatic rings. The Morgan fingerprint density at radius 1 is 1.02 bits per heavy atom. The van der Waals surface area contributed by atoms with Crippen LogP contribution in [0.25, 0.3) is 0 Å². The molecule has 3 saturated carbocycles. The number of hydrogen-bond donors (Lipinski definition) is 4. The Hall–Kier alpha value is -2.70. The molecule has 3 atom stereocenters. The lowest BCUT2D eigenvalue weighted by atomic mass is 9.43. The number of unbranched alkanes of at least 4 members (excludes halogenated alkanes) is 2. The average molecular weight is 575 g/mol. The molecule has 0 spiro atoms. The van der Waals surface area contributed by atoms with Gasteiger partial charge in [0.1, 0.15) is 12.6 Å². The quantitative estimate of drug-likeness (QED) is 0.164. The van der Waals surface area contributed by atoms with E-state index < -0.39 is 54.5 Å². The number of amides is 4. The molecule has 1 heterocycles. The molecule has 4 fully saturated rings. The molecule has 2 bridgehead atoms. The van der Waals surface area contributed by atoms with Gasteiger partial charge in [-0.3, -0.25) is 28.7 Å². The second kappa shape index (κ2) is 13.8. The number of nitrogens with one attached hydrogen (secondary N) is 4. The zero-order valence-corrected chi connectivity index (χ0v) is 23.2. The normalized spacial score (nSPS) is 24.8. The molecule has 13 heteroatoms. The third-order valence-corrected chi connectivity index (χ3v) is 8.14. The van der Waals surface area contributed by atoms with Gasteiger partial charge in [0.2, 0.25) is 11.8 Å². The van der Waals surface area contributed by atoms with Crippen LogP contribution in [0.3, 0.4) is 0 Å². The van der Waals surface area contributed by atoms with Crippen LogP contribution >= 0.6 is 0 Å². The maximum absolute atomic E-state index is 13.1. The van der Waals surface area contributed by atoms with E-state index in [4.69, 9.17) is 0 Å². The van der Waals surface area contributed by atoms with Crippen molar-refractivity contribution in [1.82, 2.24) is 21.3 Å². The third-order valence-electron chi connectivity index (χ3n) is 8.14. The lowest BCUT2D eigenvalue weighted by molar-refractivity contribution is -0.321. The predicted octanol–water partition coefficient (Wildman–Crippen LogP) is 2.11. The van der Waals surface area contributed by atoms with Crippen molar-refractivity contribution >= 4 is 29.4 Å². The van der Waals surface area contributed by atoms with Gasteiger partial charge in [-0.15, -0.1) is 13.2 Å². The summed E-state index contributed by atoms with van der Waals surface area (Å²) < 4.78 is 41.1. The lowest BCUT2D eigenvalue weighted by Gasteiger charge is -2.62. The summed E-state index contributed by atoms with van der Waals surface area (Å²) in [7, 11) is 0. The van der Waals surface area contributed by atoms with Gasteiger partial charge in [-0.25, -0.2) is 0 Å². The van der Waals surface area contributed by atoms with Crippen LogP contribution in [0.15, 0.2) is 0 Å². The van der Waals surface area contributed by atoms with Gasteiger partial charge >= 0.3 is 18.2 Å². The van der Waals surface area contributed by atoms with Crippen molar-refractivity contribution in [2.45, 2.75) is 96.5 Å². The van der Waals surface area contributed by atoms with E-state index in [0.29, 0.717) is 24.9 Å². The number of halogens is 3. The van der Waals surface area contributed by atoms with E-state index in [1.807, 2.05) is 0 Å². The summed E-state index contributed by atoms with van der Waals surface area (Å²) in [5.74, 6) is -4.02. The minimum atomic E-state index is -5.05. The van der Waals surface area contributed by atoms with Crippen molar-refractivity contribution in [3.05, 3.63) is 0 Å². The van der Waals surface area contributed by atoms with Crippen LogP contribution in [0.1, 0.15) is 78.1 Å². The molecule has 1 saturated heterocycles. The first-order valence-electron chi connectivity index (χ1n) is 14.2. The third kappa shape index (κ3) is 9.45. The number of carbonyl (C=O) groups excluding carboxylic acids is 5. The van der Waals surface area contributed by atoms with Crippen LogP contribution in [0, 0.1) is 23.2 Å². The van der Waals surface area contributed by atoms with Gasteiger partial charge in [0.15, 0.2) is 5.78 Å². The van der Waals surface area contributed by atoms with E-state index in [9.17, 15) is 37.1 Å². The topological polar surface area (TPSA) is 143 Å². The zero-order valence-electron chi connectivity index (χ0n) is 23.2. The molecule has 0 unspecified atom stereocenters. The highest BCUT2D eigenvalue weighted by molar-refractivity contribution is 6.35. The summed E-state index contributed by atoms with van der Waals surface area (Å²) in [6.07, 6.45) is 3.21. The fourth-order valence-corrected chi connectivity index (χ4v) is 5.93. The van der Waals surface area contributed by atoms with E-state index in [1.54, 1.807) is 13.8 Å². The Morgan fingerprint density at radius 2 is 1.73 bits per heavy atom. The molecule has 3 aliphatic carbocycles. The fraction of sp³-hybridized carbons (Fsp3) is 0.815. The van der Waals surface area contributed by atoms with Crippen LogP contribution in [-0.2, 0) is 28.7 Å². The monoisotopic (exact) mass is 574 g/mol. The summed E-state index contributed by atoms with van der Waals surface area (Å²) in [5.41, 5.74) is 0.582. The van der Waals surface area contributed by atoms with Gasteiger partial charge in [-0.05, 0) is 68.6 Å². The molecular weight excluding hydrogens is 533 g/mol. The summed E-state index contributed by atoms with van der Waals surface area (Å²) in [4.78, 5) is 62.5. The van der Waals surface area contributed by atoms with Gasteiger partial charge in [0, 0.05) is 19.0 Å². The lowest BCUT2D eigenvalue weighted by Crippen LogP contribution is -2.55. The molecule has 4 N–H and O–H groups in total. The number of ketones is 1. The molecular formula is C27H41F3N4O6. The maximum atomic E-state index is 13.1. The summed E-state index contributed by atoms with van der Waals surface area (Å²) in [5, 5.41) is 9.89. The number of alkyl halides is 3. The molecule has 4 aliphatic rings. The molecule has 1 aliphatic heterocycles. The Balaban J connectivity index is 1.49. The maximum Gasteiger partial charge on any atom is 0.522 e. The van der Waals surface area contributed by atoms with Crippen molar-refractivity contribution in [2.75, 3.05) is 19.7 Å². The number of hydrogen-bond acceptors (Lipinski definition) is 6. The van der Waals surface area contributed by atoms with E-state index in [1.165, 1.54) is 25.7 Å². The predicted molar refractivity (Wildman–Crippen MR) is 137 cm³/mol. The van der Waals surface area contributed by atoms with Gasteiger partial charge < -0.3 is 21.3 Å². The van der Waals surface area contributed by atoms with E-state index in [0.717, 1.165) is 25.2 Å². The average Bonchev–Trinajstić information content (AvgIpc) is 3.22. The fourth-order valence-electron chi connectivity index (χ4n) is 5.93. The van der Waals surface area contributed by atoms with Crippen molar-refractivity contribution in [3.8, 4) is 0 Å². The van der Waals surface area contributed by atoms with Crippen molar-refractivity contribution in [2.24, 2.45) is 23.2 Å². The number of Topliss-reactive ketones (excluding diaryl/α,β-unsaturated/α-hetero) is 1. The van der Waals surface area contributed by atoms with Gasteiger partial charge in [-0.2, -0.15) is 0 Å². The van der Waals surface area contributed by atoms with E-state index in [-0.39, 0.29) is 24.7 Å². The zero-order chi connectivity index (χ0) is 29.5. The molecule has 40 heavy (non-hydrogen) atoms. The second-order valence-electron chi connectivity index (χ2n) is 12.0. The molecule has 0 aromatic heterocycles. The number of carbonyl (C=O) groups is 5. The smallest absolute Gasteiger partial charge is 0.356 e. The summed E-state index contributed by atoms with van der Waals surface area (Å²) in [6, 6.07) is -2.67. The van der Waals surface area contributed by atoms with E-state index in [2.05, 4.69) is 26.0 Å². The Morgan fingerprint density at radius 3 is 2.27 bits per heavy atom. The molecule has 0 radical (unpaired) electrons. The van der Waals surface area contributed by atoms with Gasteiger partial charge in [-0.1, -0.05) is 26.7 Å². The van der Waals surface area contributed by atoms with Crippen LogP contribution in [0.5, 0.6) is 0 Å². The first-order valence-corrected chi connectivity index (χ1v) is 14.2. The Kier molecular flexibility index (Phi) is 11.0. The summed E-state index contributed by atoms with van der Waals surface area (Å²) >= 11 is 0. The number of ether oxygens (including phenoxy) is 1. The Labute approximate surface area is 232 Å². The minimum absolute atomic E-state index is 0.108. The van der Waals surface area contributed by atoms with Crippen LogP contribution < -0.4 is 21.3 Å². The first kappa shape index (κ1) is 31.8. The molecule has 4 amide bonds. The van der Waals surface area contributed by atoms with Gasteiger partial charge in [0.05, 0.1) is 6.04 Å². The molecule has 226 valence electrons. The molecule has 4 rings (SSSR count). The second-order valence-corrected chi connectivity index (χ2v) is 12.0. The minimum Gasteiger partial charge on any atom is -0.356 e. The highest BCUT2D eigenvalue weighted by atomic mass is 19.4. The summed E-state index contributed by atoms with van der Waals surface area (Å²) in [6.45, 7) is 2.89. The van der Waals surface area contributed by atoms with Crippen molar-refractivity contribution in [3.63, 3.8) is 0 Å². The van der Waals surface area contributed by atoms with Crippen molar-refractivity contribution in [1.29, 1.82) is 0 Å². The highest BCUT2D eigenvalue weighted by Crippen LogP contribution is 2.66. The van der Waals surface area contributed by atoms with Crippen LogP contribution in [0.4, 0.5) is 13.2 Å². The SMILES string of the molecule is CC(C)C[C@H](NC(=O)C(=O)NCCCCCC12CC(C1)C2)C(=O)N[C@@H](C[C@@H]1CCNC1=O)C(=O)COC(F)(F)F. The largest absolute Gasteiger partial charge is 0.522 e. The standard InChI is InChI=1S/C27H41F3N4O6/c1-16(2)10-20(34-25(39)24(38)31-8-5-3-4-7-26-12-17(13-26)14-26)23(37)33-19(11-18-6-9-32-22(18)36)21(35)15-40-27(28,29)30/h16-20H,3-15H2,1-2H3,(H,31,38)(H,32,36)(H,33,37)(H,34,39)/t17?,18-,19-,20-,26?/m0/s1. The van der Waals surface area contributed by atoms with Crippen LogP contribution in [-0.4, -0.2) is 67.6 Å². The highest BCUT2D eigenvalue weighted by Gasteiger charge is 2.55. The Bertz CT molecular complexity index is 940. The van der Waals surface area contributed by atoms with E-state index >= 15 is 0 Å². The molecule has 10 nitrogen and oxygen atoms in total. The van der Waals surface area contributed by atoms with Gasteiger partial charge in [0.25, 0.3) is 0 Å². The van der Waals surface area contributed by atoms with Crippen molar-refractivity contribution < 1.29 is 41.9 Å². The van der Waals surface area contributed by atoms with Crippen LogP contribution in [0.2, 0.25) is 0 Å². The first-order chi connectivity index (χ1) is 18.8. The number of rotatable bonds is 16.